The molecule has 0 aromatic rings. The largest absolute Gasteiger partial charge is 0.480 e. The Balaban J connectivity index is 2.77. The van der Waals surface area contributed by atoms with E-state index in [2.05, 4.69) is 0 Å². The van der Waals surface area contributed by atoms with Crippen molar-refractivity contribution in [2.24, 2.45) is 0 Å². The molecule has 1 aliphatic rings. The zero-order valence-electron chi connectivity index (χ0n) is 6.73. The maximum Gasteiger partial charge on any atom is 0.329 e. The summed E-state index contributed by atoms with van der Waals surface area (Å²) in [5, 5.41) is 17.9. The predicted octanol–water partition coefficient (Wildman–Crippen LogP) is -0.947. The first-order valence-electron chi connectivity index (χ1n) is 3.72. The average Bonchev–Trinajstić information content (AvgIpc) is 2.30. The van der Waals surface area contributed by atoms with Crippen molar-refractivity contribution in [3.63, 3.8) is 0 Å². The lowest BCUT2D eigenvalue weighted by atomic mass is 10.2. The van der Waals surface area contributed by atoms with E-state index in [0.29, 0.717) is 13.0 Å². The van der Waals surface area contributed by atoms with E-state index in [1.54, 1.807) is 0 Å². The second-order valence-electron chi connectivity index (χ2n) is 2.85. The number of aliphatic carboxylic acids is 1. The van der Waals surface area contributed by atoms with Crippen LogP contribution in [0, 0.1) is 0 Å². The van der Waals surface area contributed by atoms with E-state index in [9.17, 15) is 14.7 Å². The summed E-state index contributed by atoms with van der Waals surface area (Å²) in [6.07, 6.45) is -0.581. The van der Waals surface area contributed by atoms with Crippen LogP contribution in [0.4, 0.5) is 0 Å². The van der Waals surface area contributed by atoms with Gasteiger partial charge in [0.25, 0.3) is 0 Å². The van der Waals surface area contributed by atoms with Crippen LogP contribution in [0.2, 0.25) is 0 Å². The van der Waals surface area contributed by atoms with Gasteiger partial charge in [-0.15, -0.1) is 0 Å². The second-order valence-corrected chi connectivity index (χ2v) is 2.85. The number of carbonyl (C=O) groups is 2. The van der Waals surface area contributed by atoms with E-state index in [-0.39, 0.29) is 5.91 Å². The van der Waals surface area contributed by atoms with Crippen molar-refractivity contribution in [3.8, 4) is 0 Å². The van der Waals surface area contributed by atoms with Crippen LogP contribution in [0.5, 0.6) is 0 Å². The van der Waals surface area contributed by atoms with E-state index in [1.807, 2.05) is 0 Å². The zero-order chi connectivity index (χ0) is 9.30. The van der Waals surface area contributed by atoms with Gasteiger partial charge in [0.2, 0.25) is 5.91 Å². The van der Waals surface area contributed by atoms with Crippen LogP contribution in [0.25, 0.3) is 0 Å². The predicted molar refractivity (Wildman–Crippen MR) is 39.4 cm³/mol. The van der Waals surface area contributed by atoms with Crippen LogP contribution in [0.3, 0.4) is 0 Å². The number of carbonyl (C=O) groups excluding carboxylic acids is 1. The highest BCUT2D eigenvalue weighted by Gasteiger charge is 2.39. The number of rotatable bonds is 1. The molecule has 1 saturated heterocycles. The highest BCUT2D eigenvalue weighted by atomic mass is 16.4. The van der Waals surface area contributed by atoms with Crippen molar-refractivity contribution in [1.82, 2.24) is 4.90 Å². The smallest absolute Gasteiger partial charge is 0.329 e. The molecule has 12 heavy (non-hydrogen) atoms. The molecule has 0 unspecified atom stereocenters. The number of carboxylic acid groups (broad SMARTS) is 1. The topological polar surface area (TPSA) is 77.8 Å². The number of carboxylic acids is 1. The van der Waals surface area contributed by atoms with Crippen LogP contribution in [0.15, 0.2) is 0 Å². The monoisotopic (exact) mass is 173 g/mol. The fourth-order valence-electron chi connectivity index (χ4n) is 1.43. The molecule has 5 nitrogen and oxygen atoms in total. The van der Waals surface area contributed by atoms with Crippen molar-refractivity contribution in [1.29, 1.82) is 0 Å². The summed E-state index contributed by atoms with van der Waals surface area (Å²) in [4.78, 5) is 22.6. The maximum absolute atomic E-state index is 10.9. The highest BCUT2D eigenvalue weighted by Crippen LogP contribution is 2.17. The van der Waals surface area contributed by atoms with Crippen molar-refractivity contribution >= 4 is 11.9 Å². The molecular weight excluding hydrogens is 162 g/mol. The summed E-state index contributed by atoms with van der Waals surface area (Å²) in [6, 6.07) is -1.05. The number of hydrogen-bond acceptors (Lipinski definition) is 3. The second kappa shape index (κ2) is 3.10. The van der Waals surface area contributed by atoms with Crippen molar-refractivity contribution in [2.45, 2.75) is 25.5 Å². The lowest BCUT2D eigenvalue weighted by Gasteiger charge is -2.20. The van der Waals surface area contributed by atoms with Crippen LogP contribution in [-0.2, 0) is 9.59 Å². The molecule has 0 aliphatic carbocycles. The number of amides is 1. The van der Waals surface area contributed by atoms with Crippen molar-refractivity contribution in [3.05, 3.63) is 0 Å². The van der Waals surface area contributed by atoms with Crippen LogP contribution in [0.1, 0.15) is 13.3 Å². The third-order valence-electron chi connectivity index (χ3n) is 2.02. The van der Waals surface area contributed by atoms with Gasteiger partial charge in [-0.3, -0.25) is 4.79 Å². The average molecular weight is 173 g/mol. The van der Waals surface area contributed by atoms with Gasteiger partial charge in [0.1, 0.15) is 0 Å². The molecule has 1 heterocycles. The Morgan fingerprint density at radius 3 is 2.42 bits per heavy atom. The molecule has 0 aromatic heterocycles. The fourth-order valence-corrected chi connectivity index (χ4v) is 1.43. The van der Waals surface area contributed by atoms with Crippen LogP contribution >= 0.6 is 0 Å². The Hall–Kier alpha value is -1.10. The molecule has 5 heteroatoms. The minimum atomic E-state index is -1.14. The molecular formula is C7H11NO4. The number of aliphatic hydroxyl groups is 1. The Morgan fingerprint density at radius 1 is 1.50 bits per heavy atom. The SMILES string of the molecule is CC(=O)N1CC[C@@H](O)[C@H]1C(=O)O. The van der Waals surface area contributed by atoms with Crippen molar-refractivity contribution < 1.29 is 19.8 Å². The fraction of sp³-hybridized carbons (Fsp3) is 0.714. The van der Waals surface area contributed by atoms with E-state index in [1.165, 1.54) is 11.8 Å². The summed E-state index contributed by atoms with van der Waals surface area (Å²) in [7, 11) is 0. The summed E-state index contributed by atoms with van der Waals surface area (Å²) in [5.41, 5.74) is 0. The first-order valence-corrected chi connectivity index (χ1v) is 3.72. The van der Waals surface area contributed by atoms with E-state index in [4.69, 9.17) is 5.11 Å². The van der Waals surface area contributed by atoms with Gasteiger partial charge >= 0.3 is 5.97 Å². The number of hydrogen-bond donors (Lipinski definition) is 2. The minimum absolute atomic E-state index is 0.307. The summed E-state index contributed by atoms with van der Waals surface area (Å²) in [5.74, 6) is -1.45. The van der Waals surface area contributed by atoms with Gasteiger partial charge < -0.3 is 15.1 Å². The van der Waals surface area contributed by atoms with Gasteiger partial charge in [-0.25, -0.2) is 4.79 Å². The van der Waals surface area contributed by atoms with Gasteiger partial charge in [0, 0.05) is 13.5 Å². The lowest BCUT2D eigenvalue weighted by molar-refractivity contribution is -0.150. The van der Waals surface area contributed by atoms with Gasteiger partial charge in [0.05, 0.1) is 6.10 Å². The Kier molecular flexibility index (Phi) is 2.32. The molecule has 2 N–H and O–H groups in total. The normalized spacial score (nSPS) is 29.0. The third kappa shape index (κ3) is 1.40. The number of likely N-dealkylation sites (tertiary alicyclic amines) is 1. The maximum atomic E-state index is 10.9. The van der Waals surface area contributed by atoms with E-state index < -0.39 is 18.1 Å². The Labute approximate surface area is 69.6 Å². The molecule has 0 spiro atoms. The summed E-state index contributed by atoms with van der Waals surface area (Å²) < 4.78 is 0. The summed E-state index contributed by atoms with van der Waals surface area (Å²) >= 11 is 0. The van der Waals surface area contributed by atoms with Gasteiger partial charge in [-0.2, -0.15) is 0 Å². The van der Waals surface area contributed by atoms with Crippen molar-refractivity contribution in [2.75, 3.05) is 6.54 Å². The molecule has 1 amide bonds. The van der Waals surface area contributed by atoms with Crippen LogP contribution in [-0.4, -0.2) is 45.7 Å². The molecule has 0 aromatic carbocycles. The third-order valence-corrected chi connectivity index (χ3v) is 2.02. The molecule has 1 fully saturated rings. The van der Waals surface area contributed by atoms with E-state index >= 15 is 0 Å². The first-order chi connectivity index (χ1) is 5.54. The Bertz CT molecular complexity index is 215. The quantitative estimate of drug-likeness (QED) is 0.536. The number of nitrogens with zero attached hydrogens (tertiary/aromatic N) is 1. The molecule has 0 saturated carbocycles. The molecule has 1 aliphatic heterocycles. The van der Waals surface area contributed by atoms with Gasteiger partial charge in [-0.05, 0) is 6.42 Å². The number of aliphatic hydroxyl groups excluding tert-OH is 1. The van der Waals surface area contributed by atoms with Gasteiger partial charge in [-0.1, -0.05) is 0 Å². The van der Waals surface area contributed by atoms with Crippen LogP contribution < -0.4 is 0 Å². The zero-order valence-corrected chi connectivity index (χ0v) is 6.73. The molecule has 2 atom stereocenters. The summed E-state index contributed by atoms with van der Waals surface area (Å²) in [6.45, 7) is 1.63. The first kappa shape index (κ1) is 8.99. The standard InChI is InChI=1S/C7H11NO4/c1-4(9)8-3-2-5(10)6(8)7(11)12/h5-6,10H,2-3H2,1H3,(H,11,12)/t5-,6+/m1/s1. The minimum Gasteiger partial charge on any atom is -0.480 e. The lowest BCUT2D eigenvalue weighted by Crippen LogP contribution is -2.44. The molecule has 68 valence electrons. The molecule has 0 bridgehead atoms. The van der Waals surface area contributed by atoms with E-state index in [0.717, 1.165) is 0 Å². The highest BCUT2D eigenvalue weighted by molar-refractivity contribution is 5.83. The van der Waals surface area contributed by atoms with Gasteiger partial charge in [0.15, 0.2) is 6.04 Å². The Morgan fingerprint density at radius 2 is 2.08 bits per heavy atom. The molecule has 0 radical (unpaired) electrons. The molecule has 1 rings (SSSR count).